The number of aliphatic carboxylic acids is 1. The minimum absolute atomic E-state index is 0.483. The predicted molar refractivity (Wildman–Crippen MR) is 130 cm³/mol. The summed E-state index contributed by atoms with van der Waals surface area (Å²) in [5.41, 5.74) is 10.6. The van der Waals surface area contributed by atoms with E-state index in [9.17, 15) is 4.79 Å². The number of allylic oxidation sites excluding steroid dienone is 1. The molecule has 2 heterocycles. The summed E-state index contributed by atoms with van der Waals surface area (Å²) in [5.74, 6) is -0.468. The monoisotopic (exact) mass is 438 g/mol. The molecule has 1 saturated carbocycles. The summed E-state index contributed by atoms with van der Waals surface area (Å²) >= 11 is 1.64. The van der Waals surface area contributed by atoms with E-state index in [1.807, 2.05) is 29.9 Å². The maximum Gasteiger partial charge on any atom is 0.328 e. The molecule has 1 aliphatic rings. The van der Waals surface area contributed by atoms with Gasteiger partial charge in [-0.05, 0) is 83.4 Å². The molecule has 5 heteroatoms. The summed E-state index contributed by atoms with van der Waals surface area (Å²) in [4.78, 5) is 20.2. The summed E-state index contributed by atoms with van der Waals surface area (Å²) in [6.45, 7) is 2.12. The van der Waals surface area contributed by atoms with Gasteiger partial charge in [-0.1, -0.05) is 36.4 Å². The number of aryl methyl sites for hydroxylation is 1. The lowest BCUT2D eigenvalue weighted by Crippen LogP contribution is -2.01. The summed E-state index contributed by atoms with van der Waals surface area (Å²) in [7, 11) is 0. The molecule has 158 valence electrons. The van der Waals surface area contributed by atoms with Gasteiger partial charge in [-0.3, -0.25) is 4.98 Å². The molecule has 32 heavy (non-hydrogen) atoms. The first-order valence-corrected chi connectivity index (χ1v) is 11.5. The van der Waals surface area contributed by atoms with Crippen LogP contribution < -0.4 is 0 Å². The molecule has 4 nitrogen and oxygen atoms in total. The van der Waals surface area contributed by atoms with Gasteiger partial charge in [-0.15, -0.1) is 11.3 Å². The van der Waals surface area contributed by atoms with Gasteiger partial charge >= 0.3 is 5.97 Å². The number of hydrogen-bond acceptors (Lipinski definition) is 4. The highest BCUT2D eigenvalue weighted by atomic mass is 32.1. The second-order valence-electron chi connectivity index (χ2n) is 8.06. The molecule has 0 bridgehead atoms. The molecule has 0 saturated heterocycles. The van der Waals surface area contributed by atoms with Crippen molar-refractivity contribution in [1.29, 1.82) is 0 Å². The molecule has 1 aliphatic carbocycles. The van der Waals surface area contributed by atoms with Crippen LogP contribution in [0.2, 0.25) is 0 Å². The standard InChI is InChI=1S/C27H22N2O2S/c1-17-3-2-14-28-27(17)26(20-9-10-20)25(21-11-12-23-22(15-21)29-16-32-23)19-7-4-18(5-8-19)6-13-24(30)31/h2-8,11-16,20H,9-10H2,1H3,(H,30,31)/b13-6+,26-25+. The number of carboxylic acids is 1. The van der Waals surface area contributed by atoms with Crippen molar-refractivity contribution in [3.8, 4) is 0 Å². The van der Waals surface area contributed by atoms with Crippen LogP contribution in [0.4, 0.5) is 0 Å². The van der Waals surface area contributed by atoms with Crippen LogP contribution in [0.1, 0.15) is 40.8 Å². The predicted octanol–water partition coefficient (Wildman–Crippen LogP) is 6.47. The zero-order chi connectivity index (χ0) is 22.1. The highest BCUT2D eigenvalue weighted by Gasteiger charge is 2.32. The van der Waals surface area contributed by atoms with Gasteiger partial charge in [-0.2, -0.15) is 0 Å². The van der Waals surface area contributed by atoms with Crippen LogP contribution in [0, 0.1) is 12.8 Å². The number of aromatic nitrogens is 2. The summed E-state index contributed by atoms with van der Waals surface area (Å²) in [6, 6.07) is 18.7. The second-order valence-corrected chi connectivity index (χ2v) is 8.95. The minimum atomic E-state index is -0.951. The van der Waals surface area contributed by atoms with E-state index in [1.54, 1.807) is 17.4 Å². The van der Waals surface area contributed by atoms with Gasteiger partial charge in [0.05, 0.1) is 21.4 Å². The maximum absolute atomic E-state index is 10.9. The van der Waals surface area contributed by atoms with Crippen LogP contribution in [-0.2, 0) is 4.79 Å². The number of rotatable bonds is 6. The average Bonchev–Trinajstić information content (AvgIpc) is 3.53. The highest BCUT2D eigenvalue weighted by molar-refractivity contribution is 7.16. The molecule has 0 atom stereocenters. The Morgan fingerprint density at radius 2 is 1.84 bits per heavy atom. The molecule has 0 unspecified atom stereocenters. The third-order valence-corrected chi connectivity index (χ3v) is 6.57. The first-order chi connectivity index (χ1) is 15.6. The van der Waals surface area contributed by atoms with Crippen LogP contribution in [0.25, 0.3) is 27.4 Å². The van der Waals surface area contributed by atoms with Gasteiger partial charge in [0.15, 0.2) is 0 Å². The Morgan fingerprint density at radius 1 is 1.06 bits per heavy atom. The fourth-order valence-electron chi connectivity index (χ4n) is 4.07. The van der Waals surface area contributed by atoms with Crippen molar-refractivity contribution in [3.05, 3.63) is 100 Å². The number of benzene rings is 2. The topological polar surface area (TPSA) is 63.1 Å². The lowest BCUT2D eigenvalue weighted by Gasteiger charge is -2.18. The summed E-state index contributed by atoms with van der Waals surface area (Å²) in [6.07, 6.45) is 6.96. The Kier molecular flexibility index (Phi) is 5.41. The minimum Gasteiger partial charge on any atom is -0.478 e. The quantitative estimate of drug-likeness (QED) is 0.351. The summed E-state index contributed by atoms with van der Waals surface area (Å²) < 4.78 is 1.17. The largest absolute Gasteiger partial charge is 0.478 e. The van der Waals surface area contributed by atoms with Crippen molar-refractivity contribution in [2.45, 2.75) is 19.8 Å². The first kappa shape index (κ1) is 20.3. The Balaban J connectivity index is 1.73. The van der Waals surface area contributed by atoms with Gasteiger partial charge < -0.3 is 5.11 Å². The van der Waals surface area contributed by atoms with E-state index in [4.69, 9.17) is 10.1 Å². The number of fused-ring (bicyclic) bond motifs is 1. The Bertz CT molecular complexity index is 1360. The molecule has 2 aromatic carbocycles. The third kappa shape index (κ3) is 4.12. The molecule has 0 aliphatic heterocycles. The van der Waals surface area contributed by atoms with Crippen LogP contribution in [0.3, 0.4) is 0 Å². The molecule has 1 N–H and O–H groups in total. The Morgan fingerprint density at radius 3 is 2.56 bits per heavy atom. The number of hydrogen-bond donors (Lipinski definition) is 1. The lowest BCUT2D eigenvalue weighted by atomic mass is 9.87. The van der Waals surface area contributed by atoms with Gasteiger partial charge in [0.2, 0.25) is 0 Å². The average molecular weight is 439 g/mol. The number of carboxylic acid groups (broad SMARTS) is 1. The smallest absolute Gasteiger partial charge is 0.328 e. The van der Waals surface area contributed by atoms with Crippen molar-refractivity contribution >= 4 is 44.7 Å². The lowest BCUT2D eigenvalue weighted by molar-refractivity contribution is -0.131. The SMILES string of the molecule is Cc1cccnc1/C(=C(\c1ccc(/C=C/C(=O)O)cc1)c1ccc2scnc2c1)C1CC1. The van der Waals surface area contributed by atoms with Crippen molar-refractivity contribution in [3.63, 3.8) is 0 Å². The number of carbonyl (C=O) groups is 1. The fourth-order valence-corrected chi connectivity index (χ4v) is 4.73. The number of nitrogens with zero attached hydrogens (tertiary/aromatic N) is 2. The van der Waals surface area contributed by atoms with E-state index in [1.165, 1.54) is 21.4 Å². The maximum atomic E-state index is 10.9. The molecular formula is C27H22N2O2S. The summed E-state index contributed by atoms with van der Waals surface area (Å²) in [5, 5.41) is 8.92. The van der Waals surface area contributed by atoms with Gasteiger partial charge in [0, 0.05) is 12.3 Å². The zero-order valence-electron chi connectivity index (χ0n) is 17.7. The normalized spacial score (nSPS) is 14.7. The van der Waals surface area contributed by atoms with E-state index in [0.717, 1.165) is 46.8 Å². The van der Waals surface area contributed by atoms with Gasteiger partial charge in [-0.25, -0.2) is 9.78 Å². The molecule has 2 aromatic heterocycles. The molecule has 0 amide bonds. The second kappa shape index (κ2) is 8.52. The van der Waals surface area contributed by atoms with Crippen molar-refractivity contribution in [1.82, 2.24) is 9.97 Å². The number of thiazole rings is 1. The van der Waals surface area contributed by atoms with Gasteiger partial charge in [0.25, 0.3) is 0 Å². The van der Waals surface area contributed by atoms with E-state index in [2.05, 4.69) is 48.3 Å². The zero-order valence-corrected chi connectivity index (χ0v) is 18.5. The third-order valence-electron chi connectivity index (χ3n) is 5.76. The van der Waals surface area contributed by atoms with Crippen LogP contribution in [-0.4, -0.2) is 21.0 Å². The van der Waals surface area contributed by atoms with Crippen molar-refractivity contribution in [2.75, 3.05) is 0 Å². The molecule has 1 fully saturated rings. The Labute approximate surface area is 190 Å². The van der Waals surface area contributed by atoms with E-state index >= 15 is 0 Å². The van der Waals surface area contributed by atoms with Crippen LogP contribution in [0.5, 0.6) is 0 Å². The molecule has 0 spiro atoms. The molecular weight excluding hydrogens is 416 g/mol. The van der Waals surface area contributed by atoms with Crippen molar-refractivity contribution < 1.29 is 9.90 Å². The highest BCUT2D eigenvalue weighted by Crippen LogP contribution is 2.48. The van der Waals surface area contributed by atoms with E-state index in [-0.39, 0.29) is 0 Å². The Hall–Kier alpha value is -3.57. The first-order valence-electron chi connectivity index (χ1n) is 10.6. The van der Waals surface area contributed by atoms with Crippen LogP contribution >= 0.6 is 11.3 Å². The molecule has 5 rings (SSSR count). The van der Waals surface area contributed by atoms with Crippen molar-refractivity contribution in [2.24, 2.45) is 5.92 Å². The van der Waals surface area contributed by atoms with Crippen LogP contribution in [0.15, 0.2) is 72.4 Å². The molecule has 4 aromatic rings. The van der Waals surface area contributed by atoms with E-state index < -0.39 is 5.97 Å². The van der Waals surface area contributed by atoms with Gasteiger partial charge in [0.1, 0.15) is 0 Å². The number of pyridine rings is 1. The van der Waals surface area contributed by atoms with E-state index in [0.29, 0.717) is 5.92 Å². The molecule has 0 radical (unpaired) electrons. The fraction of sp³-hybridized carbons (Fsp3) is 0.148.